The molecule has 0 aliphatic rings. The van der Waals surface area contributed by atoms with Crippen LogP contribution in [0.1, 0.15) is 6.92 Å². The van der Waals surface area contributed by atoms with Crippen molar-refractivity contribution in [1.82, 2.24) is 0 Å². The Labute approximate surface area is 139 Å². The van der Waals surface area contributed by atoms with E-state index < -0.39 is 14.8 Å². The van der Waals surface area contributed by atoms with Crippen molar-refractivity contribution >= 4 is 43.8 Å². The Balaban J connectivity index is 2.45. The first kappa shape index (κ1) is 17.0. The molecule has 0 aromatic heterocycles. The molecule has 0 saturated heterocycles. The predicted molar refractivity (Wildman–Crippen MR) is 93.9 cm³/mol. The van der Waals surface area contributed by atoms with Gasteiger partial charge in [0.2, 0.25) is 5.91 Å². The standard InChI is InChI=1S/C15H15ClFNO2S2/c1-9(19)18-11-7-13(16)15(14(17)8-11)10-3-5-12(6-4-10)22(2,20)21/h3-8,22H,1-2H3,(H,18,19)(H,20,21). The Morgan fingerprint density at radius 1 is 1.27 bits per heavy atom. The summed E-state index contributed by atoms with van der Waals surface area (Å²) in [6.07, 6.45) is 1.54. The minimum atomic E-state index is -2.66. The molecule has 1 N–H and O–H groups in total. The monoisotopic (exact) mass is 359 g/mol. The van der Waals surface area contributed by atoms with E-state index in [1.54, 1.807) is 30.5 Å². The second-order valence-corrected chi connectivity index (χ2v) is 9.89. The summed E-state index contributed by atoms with van der Waals surface area (Å²) in [6.45, 7) is 1.33. The van der Waals surface area contributed by atoms with Crippen LogP contribution >= 0.6 is 23.3 Å². The quantitative estimate of drug-likeness (QED) is 0.574. The summed E-state index contributed by atoms with van der Waals surface area (Å²) in [6, 6.07) is 9.26. The normalized spacial score (nSPS) is 12.0. The molecule has 0 unspecified atom stereocenters. The van der Waals surface area contributed by atoms with Crippen molar-refractivity contribution < 1.29 is 13.4 Å². The molecular weight excluding hydrogens is 345 g/mol. The van der Waals surface area contributed by atoms with Gasteiger partial charge in [-0.3, -0.25) is 9.00 Å². The number of benzene rings is 2. The van der Waals surface area contributed by atoms with E-state index in [-0.39, 0.29) is 16.5 Å². The number of halogens is 2. The summed E-state index contributed by atoms with van der Waals surface area (Å²) in [7, 11) is -2.66. The molecule has 0 bridgehead atoms. The maximum atomic E-state index is 14.3. The number of nitrogens with one attached hydrogen (secondary N) is 1. The van der Waals surface area contributed by atoms with Gasteiger partial charge in [-0.15, -0.1) is 11.7 Å². The second kappa shape index (κ2) is 6.40. The first-order valence-electron chi connectivity index (χ1n) is 6.36. The topological polar surface area (TPSA) is 46.2 Å². The van der Waals surface area contributed by atoms with E-state index in [2.05, 4.69) is 17.0 Å². The molecule has 0 aliphatic heterocycles. The summed E-state index contributed by atoms with van der Waals surface area (Å²) >= 11 is 10.2. The largest absolute Gasteiger partial charge is 0.326 e. The van der Waals surface area contributed by atoms with Crippen molar-refractivity contribution in [3.8, 4) is 11.1 Å². The molecule has 22 heavy (non-hydrogen) atoms. The molecule has 0 fully saturated rings. The lowest BCUT2D eigenvalue weighted by Crippen LogP contribution is -2.06. The van der Waals surface area contributed by atoms with E-state index in [0.717, 1.165) is 0 Å². The highest BCUT2D eigenvalue weighted by Gasteiger charge is 2.14. The zero-order valence-corrected chi connectivity index (χ0v) is 14.5. The molecule has 0 aliphatic carbocycles. The fourth-order valence-electron chi connectivity index (χ4n) is 2.03. The summed E-state index contributed by atoms with van der Waals surface area (Å²) in [5.41, 5.74) is 1.08. The molecule has 0 heterocycles. The lowest BCUT2D eigenvalue weighted by Gasteiger charge is -2.13. The van der Waals surface area contributed by atoms with Crippen LogP contribution in [-0.2, 0) is 13.8 Å². The Kier molecular flexibility index (Phi) is 4.94. The minimum absolute atomic E-state index is 0.182. The fourth-order valence-corrected chi connectivity index (χ4v) is 3.45. The first-order chi connectivity index (χ1) is 10.2. The number of carbonyl (C=O) groups excluding carboxylic acids is 1. The Bertz CT molecular complexity index is 749. The van der Waals surface area contributed by atoms with E-state index in [1.807, 2.05) is 0 Å². The molecule has 0 spiro atoms. The van der Waals surface area contributed by atoms with Crippen molar-refractivity contribution in [2.75, 3.05) is 11.6 Å². The van der Waals surface area contributed by atoms with Gasteiger partial charge in [0.25, 0.3) is 0 Å². The number of thiol groups is 2. The molecule has 3 nitrogen and oxygen atoms in total. The third-order valence-electron chi connectivity index (χ3n) is 3.00. The number of hydrogen-bond acceptors (Lipinski definition) is 2. The first-order valence-corrected chi connectivity index (χ1v) is 10.0. The molecule has 1 amide bonds. The molecule has 0 atom stereocenters. The third-order valence-corrected chi connectivity index (χ3v) is 5.24. The highest BCUT2D eigenvalue weighted by molar-refractivity contribution is 8.69. The van der Waals surface area contributed by atoms with E-state index in [1.165, 1.54) is 19.1 Å². The van der Waals surface area contributed by atoms with Gasteiger partial charge in [-0.1, -0.05) is 23.7 Å². The van der Waals surface area contributed by atoms with Crippen molar-refractivity contribution in [2.45, 2.75) is 11.8 Å². The molecule has 0 saturated carbocycles. The smallest absolute Gasteiger partial charge is 0.221 e. The Morgan fingerprint density at radius 2 is 1.86 bits per heavy atom. The number of carbonyl (C=O) groups is 1. The van der Waals surface area contributed by atoms with Crippen molar-refractivity contribution in [3.63, 3.8) is 0 Å². The summed E-state index contributed by atoms with van der Waals surface area (Å²) in [4.78, 5) is 11.6. The maximum absolute atomic E-state index is 14.3. The van der Waals surface area contributed by atoms with E-state index >= 15 is 0 Å². The molecule has 0 radical (unpaired) electrons. The van der Waals surface area contributed by atoms with Gasteiger partial charge in [0.05, 0.1) is 5.02 Å². The van der Waals surface area contributed by atoms with Gasteiger partial charge in [0, 0.05) is 29.3 Å². The van der Waals surface area contributed by atoms with Crippen molar-refractivity contribution in [3.05, 3.63) is 47.2 Å². The average Bonchev–Trinajstić information content (AvgIpc) is 2.36. The summed E-state index contributed by atoms with van der Waals surface area (Å²) in [5, 5.41) is 2.67. The molecule has 7 heteroatoms. The molecule has 118 valence electrons. The molecular formula is C15H15ClFNO2S2. The van der Waals surface area contributed by atoms with Gasteiger partial charge in [-0.05, 0) is 38.8 Å². The van der Waals surface area contributed by atoms with Crippen LogP contribution in [0.5, 0.6) is 0 Å². The van der Waals surface area contributed by atoms with Gasteiger partial charge in [-0.25, -0.2) is 4.39 Å². The van der Waals surface area contributed by atoms with Crippen LogP contribution < -0.4 is 5.32 Å². The summed E-state index contributed by atoms with van der Waals surface area (Å²) in [5.74, 6) is -0.852. The fraction of sp³-hybridized carbons (Fsp3) is 0.133. The Morgan fingerprint density at radius 3 is 2.32 bits per heavy atom. The zero-order valence-electron chi connectivity index (χ0n) is 11.9. The van der Waals surface area contributed by atoms with E-state index in [4.69, 9.17) is 11.6 Å². The number of anilines is 1. The van der Waals surface area contributed by atoms with Gasteiger partial charge < -0.3 is 5.32 Å². The number of amides is 1. The van der Waals surface area contributed by atoms with Gasteiger partial charge >= 0.3 is 0 Å². The van der Waals surface area contributed by atoms with Crippen molar-refractivity contribution in [2.24, 2.45) is 0 Å². The van der Waals surface area contributed by atoms with Crippen LogP contribution in [0.3, 0.4) is 0 Å². The highest BCUT2D eigenvalue weighted by atomic mass is 35.5. The second-order valence-electron chi connectivity index (χ2n) is 4.92. The van der Waals surface area contributed by atoms with Crippen LogP contribution in [0.2, 0.25) is 5.02 Å². The Hall–Kier alpha value is -1.37. The van der Waals surface area contributed by atoms with Gasteiger partial charge in [0.1, 0.15) is 5.82 Å². The van der Waals surface area contributed by atoms with Crippen LogP contribution in [0.4, 0.5) is 10.1 Å². The lowest BCUT2D eigenvalue weighted by atomic mass is 10.0. The minimum Gasteiger partial charge on any atom is -0.326 e. The van der Waals surface area contributed by atoms with Gasteiger partial charge in [-0.2, -0.15) is 0 Å². The van der Waals surface area contributed by atoms with E-state index in [9.17, 15) is 13.4 Å². The number of hydrogen-bond donors (Lipinski definition) is 3. The maximum Gasteiger partial charge on any atom is 0.221 e. The van der Waals surface area contributed by atoms with Crippen LogP contribution in [-0.4, -0.2) is 16.4 Å². The highest BCUT2D eigenvalue weighted by Crippen LogP contribution is 2.34. The summed E-state index contributed by atoms with van der Waals surface area (Å²) < 4.78 is 26.1. The molecule has 2 aromatic rings. The van der Waals surface area contributed by atoms with Gasteiger partial charge in [0.15, 0.2) is 0 Å². The van der Waals surface area contributed by atoms with Crippen LogP contribution in [0.15, 0.2) is 41.3 Å². The number of rotatable bonds is 3. The predicted octanol–water partition coefficient (Wildman–Crippen LogP) is 3.95. The van der Waals surface area contributed by atoms with Crippen LogP contribution in [0, 0.1) is 5.82 Å². The SMILES string of the molecule is CC(=O)Nc1cc(F)c(-c2ccc([SH](C)(=O)S)cc2)c(Cl)c1. The average molecular weight is 360 g/mol. The van der Waals surface area contributed by atoms with E-state index in [0.29, 0.717) is 16.1 Å². The molecule has 2 rings (SSSR count). The third kappa shape index (κ3) is 3.88. The van der Waals surface area contributed by atoms with Crippen molar-refractivity contribution in [1.29, 1.82) is 0 Å². The molecule has 2 aromatic carbocycles. The lowest BCUT2D eigenvalue weighted by molar-refractivity contribution is -0.114. The van der Waals surface area contributed by atoms with Crippen LogP contribution in [0.25, 0.3) is 11.1 Å². The zero-order chi connectivity index (χ0) is 16.5.